The summed E-state index contributed by atoms with van der Waals surface area (Å²) in [6, 6.07) is 1.93. The molecule has 0 spiro atoms. The van der Waals surface area contributed by atoms with Gasteiger partial charge >= 0.3 is 0 Å². The van der Waals surface area contributed by atoms with Crippen molar-refractivity contribution < 1.29 is 4.79 Å². The zero-order valence-corrected chi connectivity index (χ0v) is 17.1. The van der Waals surface area contributed by atoms with E-state index in [0.717, 1.165) is 28.8 Å². The number of nitrogens with one attached hydrogen (secondary N) is 1. The third kappa shape index (κ3) is 3.86. The van der Waals surface area contributed by atoms with Crippen LogP contribution in [0.25, 0.3) is 11.0 Å². The van der Waals surface area contributed by atoms with Gasteiger partial charge < -0.3 is 5.32 Å². The Morgan fingerprint density at radius 1 is 1.24 bits per heavy atom. The number of carbonyl (C=O) groups excluding carboxylic acids is 1. The van der Waals surface area contributed by atoms with Gasteiger partial charge in [0.25, 0.3) is 5.91 Å². The molecule has 0 saturated carbocycles. The summed E-state index contributed by atoms with van der Waals surface area (Å²) in [5.74, 6) is 0.177. The Labute approximate surface area is 151 Å². The van der Waals surface area contributed by atoms with Crippen molar-refractivity contribution in [3.8, 4) is 0 Å². The van der Waals surface area contributed by atoms with Crippen LogP contribution < -0.4 is 5.32 Å². The minimum absolute atomic E-state index is 0.0577. The lowest BCUT2D eigenvalue weighted by atomic mass is 9.99. The maximum atomic E-state index is 13.0. The highest BCUT2D eigenvalue weighted by atomic mass is 16.1. The SMILES string of the molecule is CCC(C)(C)NC(=O)c1cc(C(C)C)nc2c1c(C)nn2C(C)(C)C. The second-order valence-electron chi connectivity index (χ2n) is 8.81. The predicted molar refractivity (Wildman–Crippen MR) is 103 cm³/mol. The van der Waals surface area contributed by atoms with Crippen LogP contribution in [-0.2, 0) is 5.54 Å². The van der Waals surface area contributed by atoms with Crippen LogP contribution in [0.15, 0.2) is 6.07 Å². The molecule has 2 heterocycles. The Morgan fingerprint density at radius 2 is 1.84 bits per heavy atom. The number of nitrogens with zero attached hydrogens (tertiary/aromatic N) is 3. The van der Waals surface area contributed by atoms with Gasteiger partial charge in [-0.3, -0.25) is 4.79 Å². The van der Waals surface area contributed by atoms with Crippen LogP contribution >= 0.6 is 0 Å². The topological polar surface area (TPSA) is 59.8 Å². The maximum Gasteiger partial charge on any atom is 0.252 e. The summed E-state index contributed by atoms with van der Waals surface area (Å²) in [4.78, 5) is 17.9. The Hall–Kier alpha value is -1.91. The summed E-state index contributed by atoms with van der Waals surface area (Å²) in [5, 5.41) is 8.70. The lowest BCUT2D eigenvalue weighted by molar-refractivity contribution is 0.0912. The smallest absolute Gasteiger partial charge is 0.252 e. The van der Waals surface area contributed by atoms with E-state index in [9.17, 15) is 4.79 Å². The molecule has 0 radical (unpaired) electrons. The van der Waals surface area contributed by atoms with E-state index in [-0.39, 0.29) is 22.9 Å². The molecule has 0 bridgehead atoms. The first-order valence-electron chi connectivity index (χ1n) is 9.10. The normalized spacial score (nSPS) is 12.9. The lowest BCUT2D eigenvalue weighted by Crippen LogP contribution is -2.42. The number of carbonyl (C=O) groups is 1. The van der Waals surface area contributed by atoms with Crippen LogP contribution in [0.1, 0.15) is 89.5 Å². The number of aryl methyl sites for hydroxylation is 1. The zero-order valence-electron chi connectivity index (χ0n) is 17.1. The van der Waals surface area contributed by atoms with Gasteiger partial charge in [0.2, 0.25) is 0 Å². The fraction of sp³-hybridized carbons (Fsp3) is 0.650. The van der Waals surface area contributed by atoms with E-state index in [1.165, 1.54) is 0 Å². The molecule has 0 aliphatic carbocycles. The highest BCUT2D eigenvalue weighted by Crippen LogP contribution is 2.29. The van der Waals surface area contributed by atoms with Crippen molar-refractivity contribution in [3.63, 3.8) is 0 Å². The van der Waals surface area contributed by atoms with Crippen molar-refractivity contribution in [2.24, 2.45) is 0 Å². The van der Waals surface area contributed by atoms with E-state index in [0.29, 0.717) is 5.56 Å². The van der Waals surface area contributed by atoms with E-state index in [2.05, 4.69) is 46.9 Å². The quantitative estimate of drug-likeness (QED) is 0.886. The third-order valence-electron chi connectivity index (χ3n) is 4.64. The van der Waals surface area contributed by atoms with Crippen molar-refractivity contribution in [1.82, 2.24) is 20.1 Å². The van der Waals surface area contributed by atoms with Gasteiger partial charge in [0.15, 0.2) is 5.65 Å². The standard InChI is InChI=1S/C20H32N4O/c1-10-20(8,9)22-18(25)14-11-15(12(2)3)21-17-16(14)13(4)23-24(17)19(5,6)7/h11-12H,10H2,1-9H3,(H,22,25). The van der Waals surface area contributed by atoms with Crippen LogP contribution in [0.3, 0.4) is 0 Å². The summed E-state index contributed by atoms with van der Waals surface area (Å²) >= 11 is 0. The second kappa shape index (κ2) is 6.43. The first-order chi connectivity index (χ1) is 11.4. The van der Waals surface area contributed by atoms with Gasteiger partial charge in [-0.2, -0.15) is 5.10 Å². The number of aromatic nitrogens is 3. The van der Waals surface area contributed by atoms with E-state index in [1.54, 1.807) is 0 Å². The van der Waals surface area contributed by atoms with E-state index >= 15 is 0 Å². The Kier molecular flexibility index (Phi) is 4.99. The minimum Gasteiger partial charge on any atom is -0.347 e. The second-order valence-corrected chi connectivity index (χ2v) is 8.81. The molecule has 0 unspecified atom stereocenters. The summed E-state index contributed by atoms with van der Waals surface area (Å²) in [5.41, 5.74) is 2.76. The molecule has 25 heavy (non-hydrogen) atoms. The van der Waals surface area contributed by atoms with Crippen molar-refractivity contribution >= 4 is 16.9 Å². The summed E-state index contributed by atoms with van der Waals surface area (Å²) in [7, 11) is 0. The molecule has 2 aromatic rings. The average molecular weight is 345 g/mol. The molecule has 2 aromatic heterocycles. The Morgan fingerprint density at radius 3 is 2.32 bits per heavy atom. The number of hydrogen-bond donors (Lipinski definition) is 1. The van der Waals surface area contributed by atoms with Crippen molar-refractivity contribution in [2.75, 3.05) is 0 Å². The first-order valence-corrected chi connectivity index (χ1v) is 9.10. The molecule has 0 aliphatic heterocycles. The van der Waals surface area contributed by atoms with Gasteiger partial charge in [0, 0.05) is 11.2 Å². The molecule has 5 nitrogen and oxygen atoms in total. The monoisotopic (exact) mass is 344 g/mol. The van der Waals surface area contributed by atoms with Crippen molar-refractivity contribution in [2.45, 2.75) is 85.7 Å². The van der Waals surface area contributed by atoms with Gasteiger partial charge in [-0.1, -0.05) is 20.8 Å². The molecule has 138 valence electrons. The summed E-state index contributed by atoms with van der Waals surface area (Å²) in [6.45, 7) is 18.6. The summed E-state index contributed by atoms with van der Waals surface area (Å²) < 4.78 is 1.94. The van der Waals surface area contributed by atoms with Crippen LogP contribution in [-0.4, -0.2) is 26.2 Å². The van der Waals surface area contributed by atoms with Gasteiger partial charge in [-0.05, 0) is 59.9 Å². The Bertz CT molecular complexity index is 794. The maximum absolute atomic E-state index is 13.0. The highest BCUT2D eigenvalue weighted by molar-refractivity contribution is 6.06. The van der Waals surface area contributed by atoms with Gasteiger partial charge in [0.05, 0.1) is 22.2 Å². The number of rotatable bonds is 4. The number of pyridine rings is 1. The zero-order chi connectivity index (χ0) is 19.2. The highest BCUT2D eigenvalue weighted by Gasteiger charge is 2.27. The van der Waals surface area contributed by atoms with E-state index in [4.69, 9.17) is 10.1 Å². The number of amides is 1. The molecule has 1 amide bonds. The van der Waals surface area contributed by atoms with Gasteiger partial charge in [-0.25, -0.2) is 9.67 Å². The van der Waals surface area contributed by atoms with E-state index < -0.39 is 0 Å². The third-order valence-corrected chi connectivity index (χ3v) is 4.64. The fourth-order valence-corrected chi connectivity index (χ4v) is 2.71. The van der Waals surface area contributed by atoms with Crippen LogP contribution in [0.5, 0.6) is 0 Å². The fourth-order valence-electron chi connectivity index (χ4n) is 2.71. The van der Waals surface area contributed by atoms with Gasteiger partial charge in [-0.15, -0.1) is 0 Å². The molecular weight excluding hydrogens is 312 g/mol. The molecule has 5 heteroatoms. The molecule has 1 N–H and O–H groups in total. The van der Waals surface area contributed by atoms with Crippen LogP contribution in [0, 0.1) is 6.92 Å². The lowest BCUT2D eigenvalue weighted by Gasteiger charge is -2.25. The van der Waals surface area contributed by atoms with Crippen molar-refractivity contribution in [3.05, 3.63) is 23.0 Å². The van der Waals surface area contributed by atoms with E-state index in [1.807, 2.05) is 31.5 Å². The molecule has 0 atom stereocenters. The number of fused-ring (bicyclic) bond motifs is 1. The molecular formula is C20H32N4O. The van der Waals surface area contributed by atoms with Crippen LogP contribution in [0.4, 0.5) is 0 Å². The molecule has 0 aliphatic rings. The Balaban J connectivity index is 2.74. The van der Waals surface area contributed by atoms with Gasteiger partial charge in [0.1, 0.15) is 0 Å². The largest absolute Gasteiger partial charge is 0.347 e. The molecule has 0 aromatic carbocycles. The van der Waals surface area contributed by atoms with Crippen LogP contribution in [0.2, 0.25) is 0 Å². The average Bonchev–Trinajstić information content (AvgIpc) is 2.83. The van der Waals surface area contributed by atoms with Crippen molar-refractivity contribution in [1.29, 1.82) is 0 Å². The summed E-state index contributed by atoms with van der Waals surface area (Å²) in [6.07, 6.45) is 0.865. The molecule has 0 fully saturated rings. The number of hydrogen-bond acceptors (Lipinski definition) is 3. The minimum atomic E-state index is -0.251. The predicted octanol–water partition coefficient (Wildman–Crippen LogP) is 4.54. The first kappa shape index (κ1) is 19.4. The molecule has 0 saturated heterocycles. The molecule has 2 rings (SSSR count).